The summed E-state index contributed by atoms with van der Waals surface area (Å²) in [7, 11) is 0. The Morgan fingerprint density at radius 2 is 2.23 bits per heavy atom. The quantitative estimate of drug-likeness (QED) is 0.946. The highest BCUT2D eigenvalue weighted by molar-refractivity contribution is 5.62. The highest BCUT2D eigenvalue weighted by atomic mass is 16.5. The summed E-state index contributed by atoms with van der Waals surface area (Å²) in [4.78, 5) is 2.54. The predicted octanol–water partition coefficient (Wildman–Crippen LogP) is 3.07. The number of ether oxygens (including phenoxy) is 1. The average molecular weight is 295 g/mol. The number of nitrogens with zero attached hydrogens (tertiary/aromatic N) is 2. The smallest absolute Gasteiger partial charge is 0.127 e. The van der Waals surface area contributed by atoms with Crippen molar-refractivity contribution in [1.29, 1.82) is 0 Å². The summed E-state index contributed by atoms with van der Waals surface area (Å²) in [6, 6.07) is 10.4. The van der Waals surface area contributed by atoms with Crippen LogP contribution in [0.15, 0.2) is 42.1 Å². The van der Waals surface area contributed by atoms with Gasteiger partial charge in [0.25, 0.3) is 0 Å². The third kappa shape index (κ3) is 2.79. The van der Waals surface area contributed by atoms with Crippen LogP contribution in [0.4, 0.5) is 0 Å². The third-order valence-electron chi connectivity index (χ3n) is 4.59. The molecule has 4 heteroatoms. The Labute approximate surface area is 130 Å². The second kappa shape index (κ2) is 5.97. The molecule has 0 saturated carbocycles. The lowest BCUT2D eigenvalue weighted by Gasteiger charge is -2.33. The van der Waals surface area contributed by atoms with Crippen LogP contribution in [-0.2, 0) is 0 Å². The zero-order chi connectivity index (χ0) is 14.8. The van der Waals surface area contributed by atoms with E-state index in [-0.39, 0.29) is 0 Å². The van der Waals surface area contributed by atoms with E-state index in [0.29, 0.717) is 12.5 Å². The van der Waals surface area contributed by atoms with Crippen LogP contribution in [0.1, 0.15) is 30.0 Å². The van der Waals surface area contributed by atoms with E-state index < -0.39 is 0 Å². The first kappa shape index (κ1) is 13.6. The SMILES string of the molecule is C1=C(CN2CCC[C@H](c3ccn[nH]3)C2)COc2ccccc21. The van der Waals surface area contributed by atoms with Gasteiger partial charge in [-0.1, -0.05) is 18.2 Å². The number of hydrogen-bond donors (Lipinski definition) is 1. The number of hydrogen-bond acceptors (Lipinski definition) is 3. The highest BCUT2D eigenvalue weighted by Crippen LogP contribution is 2.28. The molecule has 0 spiro atoms. The van der Waals surface area contributed by atoms with Crippen molar-refractivity contribution >= 4 is 6.08 Å². The van der Waals surface area contributed by atoms with E-state index in [1.165, 1.54) is 36.2 Å². The van der Waals surface area contributed by atoms with Crippen molar-refractivity contribution in [2.75, 3.05) is 26.2 Å². The fourth-order valence-electron chi connectivity index (χ4n) is 3.49. The first-order valence-corrected chi connectivity index (χ1v) is 8.01. The van der Waals surface area contributed by atoms with Gasteiger partial charge < -0.3 is 4.74 Å². The molecule has 0 unspecified atom stereocenters. The van der Waals surface area contributed by atoms with Gasteiger partial charge in [-0.25, -0.2) is 0 Å². The van der Waals surface area contributed by atoms with Gasteiger partial charge in [0.05, 0.1) is 0 Å². The molecule has 1 aromatic heterocycles. The van der Waals surface area contributed by atoms with E-state index in [9.17, 15) is 0 Å². The molecule has 0 radical (unpaired) electrons. The Kier molecular flexibility index (Phi) is 3.69. The van der Waals surface area contributed by atoms with E-state index in [1.807, 2.05) is 18.3 Å². The zero-order valence-corrected chi connectivity index (χ0v) is 12.7. The number of aromatic nitrogens is 2. The summed E-state index contributed by atoms with van der Waals surface area (Å²) in [5.41, 5.74) is 3.83. The first-order valence-electron chi connectivity index (χ1n) is 8.01. The number of likely N-dealkylation sites (tertiary alicyclic amines) is 1. The molecule has 1 atom stereocenters. The Morgan fingerprint density at radius 3 is 3.14 bits per heavy atom. The van der Waals surface area contributed by atoms with Crippen LogP contribution in [-0.4, -0.2) is 41.3 Å². The van der Waals surface area contributed by atoms with Crippen molar-refractivity contribution in [2.45, 2.75) is 18.8 Å². The van der Waals surface area contributed by atoms with Crippen LogP contribution in [0.2, 0.25) is 0 Å². The molecule has 0 aliphatic carbocycles. The van der Waals surface area contributed by atoms with E-state index in [1.54, 1.807) is 0 Å². The Hall–Kier alpha value is -2.07. The maximum atomic E-state index is 5.87. The minimum Gasteiger partial charge on any atom is -0.489 e. The molecule has 4 rings (SSSR count). The number of rotatable bonds is 3. The van der Waals surface area contributed by atoms with E-state index in [0.717, 1.165) is 18.8 Å². The minimum atomic E-state index is 0.577. The number of fused-ring (bicyclic) bond motifs is 1. The van der Waals surface area contributed by atoms with Gasteiger partial charge >= 0.3 is 0 Å². The largest absolute Gasteiger partial charge is 0.489 e. The molecule has 3 heterocycles. The second-order valence-electron chi connectivity index (χ2n) is 6.22. The second-order valence-corrected chi connectivity index (χ2v) is 6.22. The lowest BCUT2D eigenvalue weighted by molar-refractivity contribution is 0.213. The first-order chi connectivity index (χ1) is 10.9. The fourth-order valence-corrected chi connectivity index (χ4v) is 3.49. The molecule has 2 aromatic rings. The van der Waals surface area contributed by atoms with Crippen molar-refractivity contribution in [3.63, 3.8) is 0 Å². The highest BCUT2D eigenvalue weighted by Gasteiger charge is 2.23. The van der Waals surface area contributed by atoms with Gasteiger partial charge in [0.15, 0.2) is 0 Å². The number of piperidine rings is 1. The average Bonchev–Trinajstić information content (AvgIpc) is 3.10. The summed E-state index contributed by atoms with van der Waals surface area (Å²) in [5.74, 6) is 1.58. The summed E-state index contributed by atoms with van der Waals surface area (Å²) in [6.07, 6.45) is 6.63. The number of aromatic amines is 1. The number of benzene rings is 1. The summed E-state index contributed by atoms with van der Waals surface area (Å²) in [6.45, 7) is 3.98. The standard InChI is InChI=1S/C18H21N3O/c1-2-6-18-15(4-1)10-14(13-22-18)11-21-9-3-5-16(12-21)17-7-8-19-20-17/h1-2,4,6-8,10,16H,3,5,9,11-13H2,(H,19,20)/t16-/m0/s1. The normalized spacial score (nSPS) is 21.8. The van der Waals surface area contributed by atoms with E-state index in [2.05, 4.69) is 39.4 Å². The Bertz CT molecular complexity index is 663. The zero-order valence-electron chi connectivity index (χ0n) is 12.7. The van der Waals surface area contributed by atoms with Crippen LogP contribution in [0.3, 0.4) is 0 Å². The van der Waals surface area contributed by atoms with E-state index >= 15 is 0 Å². The molecule has 4 nitrogen and oxygen atoms in total. The lowest BCUT2D eigenvalue weighted by atomic mass is 9.94. The van der Waals surface area contributed by atoms with Crippen LogP contribution < -0.4 is 4.74 Å². The molecule has 22 heavy (non-hydrogen) atoms. The molecule has 1 saturated heterocycles. The Balaban J connectivity index is 1.44. The molecular formula is C18H21N3O. The Morgan fingerprint density at radius 1 is 1.27 bits per heavy atom. The topological polar surface area (TPSA) is 41.2 Å². The molecule has 0 bridgehead atoms. The van der Waals surface area contributed by atoms with Crippen molar-refractivity contribution < 1.29 is 4.74 Å². The third-order valence-corrected chi connectivity index (χ3v) is 4.59. The molecule has 1 aromatic carbocycles. The molecule has 2 aliphatic heterocycles. The van der Waals surface area contributed by atoms with Gasteiger partial charge in [0, 0.05) is 36.5 Å². The van der Waals surface area contributed by atoms with Crippen molar-refractivity contribution in [2.24, 2.45) is 0 Å². The predicted molar refractivity (Wildman–Crippen MR) is 86.9 cm³/mol. The van der Waals surface area contributed by atoms with Gasteiger partial charge in [-0.15, -0.1) is 0 Å². The van der Waals surface area contributed by atoms with Gasteiger partial charge in [-0.2, -0.15) is 5.10 Å². The van der Waals surface area contributed by atoms with Crippen molar-refractivity contribution in [1.82, 2.24) is 15.1 Å². The summed E-state index contributed by atoms with van der Waals surface area (Å²) < 4.78 is 5.87. The van der Waals surface area contributed by atoms with Gasteiger partial charge in [-0.3, -0.25) is 10.00 Å². The summed E-state index contributed by atoms with van der Waals surface area (Å²) in [5, 5.41) is 7.22. The minimum absolute atomic E-state index is 0.577. The van der Waals surface area contributed by atoms with Gasteiger partial charge in [-0.05, 0) is 43.2 Å². The van der Waals surface area contributed by atoms with Crippen LogP contribution in [0, 0.1) is 0 Å². The van der Waals surface area contributed by atoms with Crippen molar-refractivity contribution in [3.8, 4) is 5.75 Å². The maximum absolute atomic E-state index is 5.87. The number of nitrogens with one attached hydrogen (secondary N) is 1. The van der Waals surface area contributed by atoms with Crippen LogP contribution in [0.25, 0.3) is 6.08 Å². The number of para-hydroxylation sites is 1. The number of H-pyrrole nitrogens is 1. The molecule has 114 valence electrons. The summed E-state index contributed by atoms with van der Waals surface area (Å²) >= 11 is 0. The molecule has 2 aliphatic rings. The molecule has 1 N–H and O–H groups in total. The van der Waals surface area contributed by atoms with Crippen LogP contribution in [0.5, 0.6) is 5.75 Å². The lowest BCUT2D eigenvalue weighted by Crippen LogP contribution is -2.36. The van der Waals surface area contributed by atoms with Gasteiger partial charge in [0.1, 0.15) is 12.4 Å². The molecule has 0 amide bonds. The monoisotopic (exact) mass is 295 g/mol. The maximum Gasteiger partial charge on any atom is 0.127 e. The fraction of sp³-hybridized carbons (Fsp3) is 0.389. The van der Waals surface area contributed by atoms with Crippen LogP contribution >= 0.6 is 0 Å². The molecular weight excluding hydrogens is 274 g/mol. The van der Waals surface area contributed by atoms with Gasteiger partial charge in [0.2, 0.25) is 0 Å². The van der Waals surface area contributed by atoms with E-state index in [4.69, 9.17) is 4.74 Å². The molecule has 1 fully saturated rings. The van der Waals surface area contributed by atoms with Crippen molar-refractivity contribution in [3.05, 3.63) is 53.4 Å².